The van der Waals surface area contributed by atoms with E-state index in [-0.39, 0.29) is 12.6 Å². The molecule has 1 aliphatic rings. The minimum atomic E-state index is -1.25. The smallest absolute Gasteiger partial charge is 0.325 e. The van der Waals surface area contributed by atoms with Crippen molar-refractivity contribution in [2.24, 2.45) is 0 Å². The van der Waals surface area contributed by atoms with Crippen LogP contribution in [0.1, 0.15) is 31.0 Å². The Hall–Kier alpha value is -4.13. The van der Waals surface area contributed by atoms with Gasteiger partial charge in [0.05, 0.1) is 13.2 Å². The average Bonchev–Trinajstić information content (AvgIpc) is 3.08. The highest BCUT2D eigenvalue weighted by Crippen LogP contribution is 2.30. The SMILES string of the molecule is COc1ccc([C@@]2(C)NC(=O)N(CC(=O)N[C@H](C)c3ccc(-c4ccccc4)cc3)C2=O)cc1. The molecule has 7 nitrogen and oxygen atoms in total. The first kappa shape index (κ1) is 23.0. The van der Waals surface area contributed by atoms with Crippen LogP contribution in [-0.2, 0) is 15.1 Å². The largest absolute Gasteiger partial charge is 0.497 e. The van der Waals surface area contributed by atoms with Crippen LogP contribution < -0.4 is 15.4 Å². The predicted molar refractivity (Wildman–Crippen MR) is 129 cm³/mol. The van der Waals surface area contributed by atoms with Crippen molar-refractivity contribution in [1.82, 2.24) is 15.5 Å². The fourth-order valence-corrected chi connectivity index (χ4v) is 4.07. The van der Waals surface area contributed by atoms with Crippen LogP contribution in [0, 0.1) is 0 Å². The second-order valence-corrected chi connectivity index (χ2v) is 8.45. The van der Waals surface area contributed by atoms with Gasteiger partial charge in [-0.05, 0) is 48.2 Å². The molecular weight excluding hydrogens is 430 g/mol. The van der Waals surface area contributed by atoms with Crippen LogP contribution in [0.4, 0.5) is 4.79 Å². The molecule has 0 radical (unpaired) electrons. The number of nitrogens with one attached hydrogen (secondary N) is 2. The molecule has 0 unspecified atom stereocenters. The minimum absolute atomic E-state index is 0.286. The van der Waals surface area contributed by atoms with E-state index in [9.17, 15) is 14.4 Å². The minimum Gasteiger partial charge on any atom is -0.497 e. The number of amides is 4. The molecule has 3 aromatic rings. The van der Waals surface area contributed by atoms with Crippen molar-refractivity contribution in [2.45, 2.75) is 25.4 Å². The van der Waals surface area contributed by atoms with E-state index >= 15 is 0 Å². The molecule has 0 saturated carbocycles. The molecule has 4 rings (SSSR count). The van der Waals surface area contributed by atoms with Gasteiger partial charge in [-0.15, -0.1) is 0 Å². The van der Waals surface area contributed by atoms with Gasteiger partial charge in [-0.25, -0.2) is 4.79 Å². The van der Waals surface area contributed by atoms with Crippen LogP contribution in [0.25, 0.3) is 11.1 Å². The number of carbonyl (C=O) groups is 3. The van der Waals surface area contributed by atoms with Crippen molar-refractivity contribution >= 4 is 17.8 Å². The molecule has 2 N–H and O–H groups in total. The van der Waals surface area contributed by atoms with Crippen LogP contribution in [0.5, 0.6) is 5.75 Å². The van der Waals surface area contributed by atoms with Gasteiger partial charge >= 0.3 is 6.03 Å². The van der Waals surface area contributed by atoms with Gasteiger partial charge in [0.2, 0.25) is 5.91 Å². The van der Waals surface area contributed by atoms with E-state index in [0.717, 1.165) is 21.6 Å². The summed E-state index contributed by atoms with van der Waals surface area (Å²) >= 11 is 0. The number of hydrogen-bond donors (Lipinski definition) is 2. The van der Waals surface area contributed by atoms with E-state index in [1.807, 2.05) is 61.5 Å². The summed E-state index contributed by atoms with van der Waals surface area (Å²) in [4.78, 5) is 39.3. The molecule has 0 aliphatic carbocycles. The van der Waals surface area contributed by atoms with Crippen molar-refractivity contribution in [2.75, 3.05) is 13.7 Å². The van der Waals surface area contributed by atoms with Crippen molar-refractivity contribution in [3.8, 4) is 16.9 Å². The predicted octanol–water partition coefficient (Wildman–Crippen LogP) is 4.01. The number of imide groups is 1. The molecule has 1 aliphatic heterocycles. The second kappa shape index (κ2) is 9.39. The Morgan fingerprint density at radius 1 is 0.971 bits per heavy atom. The van der Waals surface area contributed by atoms with Crippen molar-refractivity contribution in [3.63, 3.8) is 0 Å². The van der Waals surface area contributed by atoms with Crippen molar-refractivity contribution < 1.29 is 19.1 Å². The molecule has 174 valence electrons. The van der Waals surface area contributed by atoms with Crippen LogP contribution in [0.3, 0.4) is 0 Å². The maximum absolute atomic E-state index is 13.1. The van der Waals surface area contributed by atoms with E-state index < -0.39 is 23.4 Å². The highest BCUT2D eigenvalue weighted by molar-refractivity contribution is 6.09. The van der Waals surface area contributed by atoms with Gasteiger partial charge in [0.1, 0.15) is 17.8 Å². The Bertz CT molecular complexity index is 1190. The highest BCUT2D eigenvalue weighted by atomic mass is 16.5. The first-order valence-corrected chi connectivity index (χ1v) is 11.0. The lowest BCUT2D eigenvalue weighted by atomic mass is 9.92. The number of hydrogen-bond acceptors (Lipinski definition) is 4. The van der Waals surface area contributed by atoms with E-state index in [0.29, 0.717) is 11.3 Å². The third-order valence-corrected chi connectivity index (χ3v) is 6.14. The Balaban J connectivity index is 1.40. The van der Waals surface area contributed by atoms with Gasteiger partial charge in [0.15, 0.2) is 0 Å². The summed E-state index contributed by atoms with van der Waals surface area (Å²) in [5, 5.41) is 5.59. The van der Waals surface area contributed by atoms with Gasteiger partial charge < -0.3 is 15.4 Å². The number of ether oxygens (including phenoxy) is 1. The molecule has 0 spiro atoms. The summed E-state index contributed by atoms with van der Waals surface area (Å²) < 4.78 is 5.15. The topological polar surface area (TPSA) is 87.7 Å². The zero-order valence-corrected chi connectivity index (χ0v) is 19.4. The lowest BCUT2D eigenvalue weighted by Gasteiger charge is -2.22. The summed E-state index contributed by atoms with van der Waals surface area (Å²) in [6, 6.07) is 24.0. The molecule has 4 amide bonds. The molecule has 0 aromatic heterocycles. The first-order valence-electron chi connectivity index (χ1n) is 11.0. The number of nitrogens with zero attached hydrogens (tertiary/aromatic N) is 1. The Kier molecular flexibility index (Phi) is 6.36. The summed E-state index contributed by atoms with van der Waals surface area (Å²) in [6.45, 7) is 3.13. The Morgan fingerprint density at radius 2 is 1.59 bits per heavy atom. The summed E-state index contributed by atoms with van der Waals surface area (Å²) in [5.74, 6) is -0.244. The molecule has 34 heavy (non-hydrogen) atoms. The van der Waals surface area contributed by atoms with Gasteiger partial charge in [-0.1, -0.05) is 66.7 Å². The van der Waals surface area contributed by atoms with Crippen LogP contribution in [-0.4, -0.2) is 36.4 Å². The van der Waals surface area contributed by atoms with E-state index in [1.165, 1.54) is 0 Å². The molecule has 2 atom stereocenters. The van der Waals surface area contributed by atoms with Gasteiger partial charge in [-0.3, -0.25) is 14.5 Å². The van der Waals surface area contributed by atoms with Gasteiger partial charge in [-0.2, -0.15) is 0 Å². The second-order valence-electron chi connectivity index (χ2n) is 8.45. The van der Waals surface area contributed by atoms with Crippen LogP contribution >= 0.6 is 0 Å². The molecule has 3 aromatic carbocycles. The molecule has 1 saturated heterocycles. The maximum atomic E-state index is 13.1. The maximum Gasteiger partial charge on any atom is 0.325 e. The number of urea groups is 1. The normalized spacial score (nSPS) is 18.4. The quantitative estimate of drug-likeness (QED) is 0.525. The fourth-order valence-electron chi connectivity index (χ4n) is 4.07. The van der Waals surface area contributed by atoms with Gasteiger partial charge in [0, 0.05) is 0 Å². The number of carbonyl (C=O) groups excluding carboxylic acids is 3. The Labute approximate surface area is 198 Å². The van der Waals surface area contributed by atoms with Crippen LogP contribution in [0.15, 0.2) is 78.9 Å². The lowest BCUT2D eigenvalue weighted by Crippen LogP contribution is -2.43. The van der Waals surface area contributed by atoms with Crippen molar-refractivity contribution in [1.29, 1.82) is 0 Å². The highest BCUT2D eigenvalue weighted by Gasteiger charge is 2.49. The molecule has 1 heterocycles. The fraction of sp³-hybridized carbons (Fsp3) is 0.222. The number of benzene rings is 3. The molecule has 1 fully saturated rings. The summed E-state index contributed by atoms with van der Waals surface area (Å²) in [5.41, 5.74) is 2.49. The van der Waals surface area contributed by atoms with Gasteiger partial charge in [0.25, 0.3) is 5.91 Å². The standard InChI is InChI=1S/C27H27N3O4/c1-18(19-9-11-21(12-10-19)20-7-5-4-6-8-20)28-24(31)17-30-25(32)27(2,29-26(30)33)22-13-15-23(34-3)16-14-22/h4-16,18H,17H2,1-3H3,(H,28,31)(H,29,33)/t18-,27-/m1/s1. The third-order valence-electron chi connectivity index (χ3n) is 6.14. The van der Waals surface area contributed by atoms with E-state index in [4.69, 9.17) is 4.74 Å². The van der Waals surface area contributed by atoms with E-state index in [1.54, 1.807) is 38.3 Å². The Morgan fingerprint density at radius 3 is 2.21 bits per heavy atom. The zero-order chi connectivity index (χ0) is 24.3. The number of methoxy groups -OCH3 is 1. The monoisotopic (exact) mass is 457 g/mol. The molecule has 0 bridgehead atoms. The molecule has 7 heteroatoms. The first-order chi connectivity index (χ1) is 16.3. The number of rotatable bonds is 7. The van der Waals surface area contributed by atoms with Crippen LogP contribution in [0.2, 0.25) is 0 Å². The average molecular weight is 458 g/mol. The zero-order valence-electron chi connectivity index (χ0n) is 19.4. The summed E-state index contributed by atoms with van der Waals surface area (Å²) in [7, 11) is 1.55. The van der Waals surface area contributed by atoms with Crippen molar-refractivity contribution in [3.05, 3.63) is 90.0 Å². The van der Waals surface area contributed by atoms with E-state index in [2.05, 4.69) is 10.6 Å². The third kappa shape index (κ3) is 4.50. The molecular formula is C27H27N3O4. The lowest BCUT2D eigenvalue weighted by molar-refractivity contribution is -0.135. The summed E-state index contributed by atoms with van der Waals surface area (Å²) in [6.07, 6.45) is 0.